The summed E-state index contributed by atoms with van der Waals surface area (Å²) in [6.07, 6.45) is 3.48. The fourth-order valence-corrected chi connectivity index (χ4v) is 1.42. The summed E-state index contributed by atoms with van der Waals surface area (Å²) in [5, 5.41) is 3.08. The second-order valence-electron chi connectivity index (χ2n) is 3.27. The zero-order valence-electron chi connectivity index (χ0n) is 9.27. The molecule has 4 heteroatoms. The maximum atomic E-state index is 5.08. The highest BCUT2D eigenvalue weighted by molar-refractivity contribution is 5.64. The lowest BCUT2D eigenvalue weighted by atomic mass is 10.1. The van der Waals surface area contributed by atoms with Gasteiger partial charge in [0.25, 0.3) is 0 Å². The highest BCUT2D eigenvalue weighted by Crippen LogP contribution is 2.22. The summed E-state index contributed by atoms with van der Waals surface area (Å²) in [6.45, 7) is 0. The van der Waals surface area contributed by atoms with Crippen LogP contribution in [0.15, 0.2) is 36.7 Å². The van der Waals surface area contributed by atoms with Crippen LogP contribution in [0.5, 0.6) is 5.88 Å². The van der Waals surface area contributed by atoms with Gasteiger partial charge in [0.1, 0.15) is 0 Å². The van der Waals surface area contributed by atoms with Crippen LogP contribution >= 0.6 is 0 Å². The zero-order chi connectivity index (χ0) is 11.4. The minimum absolute atomic E-state index is 0.592. The van der Waals surface area contributed by atoms with Crippen molar-refractivity contribution in [3.63, 3.8) is 0 Å². The standard InChI is InChI=1S/C12H13N3O/c1-13-10-4-6-14-11(8-10)9-3-5-15-12(7-9)16-2/h3-8H,1-2H3,(H,13,14). The molecule has 82 valence electrons. The fourth-order valence-electron chi connectivity index (χ4n) is 1.42. The topological polar surface area (TPSA) is 47.0 Å². The van der Waals surface area contributed by atoms with Crippen molar-refractivity contribution in [2.75, 3.05) is 19.5 Å². The molecule has 2 aromatic heterocycles. The first-order chi connectivity index (χ1) is 7.83. The van der Waals surface area contributed by atoms with E-state index in [4.69, 9.17) is 4.74 Å². The van der Waals surface area contributed by atoms with Gasteiger partial charge in [0.2, 0.25) is 5.88 Å². The largest absolute Gasteiger partial charge is 0.481 e. The Balaban J connectivity index is 2.41. The average molecular weight is 215 g/mol. The fraction of sp³-hybridized carbons (Fsp3) is 0.167. The lowest BCUT2D eigenvalue weighted by molar-refractivity contribution is 0.398. The van der Waals surface area contributed by atoms with Crippen LogP contribution in [-0.2, 0) is 0 Å². The first-order valence-electron chi connectivity index (χ1n) is 4.97. The number of anilines is 1. The van der Waals surface area contributed by atoms with Gasteiger partial charge in [-0.15, -0.1) is 0 Å². The van der Waals surface area contributed by atoms with Crippen molar-refractivity contribution in [2.24, 2.45) is 0 Å². The molecule has 0 bridgehead atoms. The molecule has 2 rings (SSSR count). The van der Waals surface area contributed by atoms with Crippen molar-refractivity contribution < 1.29 is 4.74 Å². The Morgan fingerprint density at radius 2 is 1.94 bits per heavy atom. The Kier molecular flexibility index (Phi) is 3.00. The maximum absolute atomic E-state index is 5.08. The van der Waals surface area contributed by atoms with Crippen molar-refractivity contribution >= 4 is 5.69 Å². The van der Waals surface area contributed by atoms with Crippen LogP contribution < -0.4 is 10.1 Å². The van der Waals surface area contributed by atoms with E-state index in [1.165, 1.54) is 0 Å². The van der Waals surface area contributed by atoms with Gasteiger partial charge >= 0.3 is 0 Å². The summed E-state index contributed by atoms with van der Waals surface area (Å²) >= 11 is 0. The Morgan fingerprint density at radius 1 is 1.12 bits per heavy atom. The van der Waals surface area contributed by atoms with Gasteiger partial charge in [-0.25, -0.2) is 4.98 Å². The van der Waals surface area contributed by atoms with Crippen LogP contribution in [0.1, 0.15) is 0 Å². The molecule has 0 aliphatic rings. The van der Waals surface area contributed by atoms with Crippen LogP contribution in [0, 0.1) is 0 Å². The summed E-state index contributed by atoms with van der Waals surface area (Å²) in [6, 6.07) is 7.67. The second-order valence-corrected chi connectivity index (χ2v) is 3.27. The van der Waals surface area contributed by atoms with Crippen LogP contribution in [0.3, 0.4) is 0 Å². The number of nitrogens with zero attached hydrogens (tertiary/aromatic N) is 2. The SMILES string of the molecule is CNc1ccnc(-c2ccnc(OC)c2)c1. The molecule has 0 spiro atoms. The number of aromatic nitrogens is 2. The molecule has 0 atom stereocenters. The molecule has 1 N–H and O–H groups in total. The van der Waals surface area contributed by atoms with Crippen LogP contribution in [0.2, 0.25) is 0 Å². The van der Waals surface area contributed by atoms with Crippen molar-refractivity contribution in [2.45, 2.75) is 0 Å². The maximum Gasteiger partial charge on any atom is 0.213 e. The molecule has 0 amide bonds. The second kappa shape index (κ2) is 4.61. The Hall–Kier alpha value is -2.10. The number of hydrogen-bond donors (Lipinski definition) is 1. The summed E-state index contributed by atoms with van der Waals surface area (Å²) in [7, 11) is 3.48. The van der Waals surface area contributed by atoms with E-state index >= 15 is 0 Å². The molecule has 0 aliphatic heterocycles. The van der Waals surface area contributed by atoms with Crippen LogP contribution in [0.4, 0.5) is 5.69 Å². The van der Waals surface area contributed by atoms with E-state index in [9.17, 15) is 0 Å². The average Bonchev–Trinajstić information content (AvgIpc) is 2.39. The van der Waals surface area contributed by atoms with E-state index in [2.05, 4.69) is 15.3 Å². The molecule has 2 heterocycles. The minimum Gasteiger partial charge on any atom is -0.481 e. The van der Waals surface area contributed by atoms with E-state index < -0.39 is 0 Å². The minimum atomic E-state index is 0.592. The highest BCUT2D eigenvalue weighted by Gasteiger charge is 2.02. The third-order valence-corrected chi connectivity index (χ3v) is 2.29. The predicted molar refractivity (Wildman–Crippen MR) is 63.6 cm³/mol. The predicted octanol–water partition coefficient (Wildman–Crippen LogP) is 2.19. The third-order valence-electron chi connectivity index (χ3n) is 2.29. The molecule has 0 aliphatic carbocycles. The van der Waals surface area contributed by atoms with E-state index in [1.54, 1.807) is 19.5 Å². The molecule has 0 saturated heterocycles. The van der Waals surface area contributed by atoms with E-state index in [0.717, 1.165) is 16.9 Å². The quantitative estimate of drug-likeness (QED) is 0.852. The Labute approximate surface area is 94.3 Å². The third kappa shape index (κ3) is 2.11. The molecule has 0 radical (unpaired) electrons. The molecule has 0 unspecified atom stereocenters. The molecule has 2 aromatic rings. The first kappa shape index (κ1) is 10.4. The van der Waals surface area contributed by atoms with Crippen LogP contribution in [-0.4, -0.2) is 24.1 Å². The summed E-state index contributed by atoms with van der Waals surface area (Å²) in [4.78, 5) is 8.37. The van der Waals surface area contributed by atoms with Crippen molar-refractivity contribution in [1.29, 1.82) is 0 Å². The van der Waals surface area contributed by atoms with Gasteiger partial charge in [0.05, 0.1) is 12.8 Å². The number of methoxy groups -OCH3 is 1. The van der Waals surface area contributed by atoms with Crippen LogP contribution in [0.25, 0.3) is 11.3 Å². The molecule has 0 aromatic carbocycles. The number of rotatable bonds is 3. The zero-order valence-corrected chi connectivity index (χ0v) is 9.27. The lowest BCUT2D eigenvalue weighted by Crippen LogP contribution is -1.92. The van der Waals surface area contributed by atoms with Gasteiger partial charge in [0, 0.05) is 36.8 Å². The molecular formula is C12H13N3O. The van der Waals surface area contributed by atoms with Gasteiger partial charge in [-0.2, -0.15) is 0 Å². The Bertz CT molecular complexity index is 440. The molecular weight excluding hydrogens is 202 g/mol. The molecule has 0 fully saturated rings. The summed E-state index contributed by atoms with van der Waals surface area (Å²) in [5.74, 6) is 0.592. The highest BCUT2D eigenvalue weighted by atomic mass is 16.5. The van der Waals surface area contributed by atoms with Gasteiger partial charge in [-0.05, 0) is 18.2 Å². The van der Waals surface area contributed by atoms with Gasteiger partial charge in [-0.3, -0.25) is 4.98 Å². The molecule has 4 nitrogen and oxygen atoms in total. The monoisotopic (exact) mass is 215 g/mol. The van der Waals surface area contributed by atoms with Crippen molar-refractivity contribution in [1.82, 2.24) is 9.97 Å². The number of ether oxygens (including phenoxy) is 1. The number of nitrogens with one attached hydrogen (secondary N) is 1. The first-order valence-corrected chi connectivity index (χ1v) is 4.97. The van der Waals surface area contributed by atoms with Crippen molar-refractivity contribution in [3.8, 4) is 17.1 Å². The van der Waals surface area contributed by atoms with E-state index in [1.807, 2.05) is 31.3 Å². The normalized spacial score (nSPS) is 9.88. The van der Waals surface area contributed by atoms with Gasteiger partial charge in [0.15, 0.2) is 0 Å². The number of pyridine rings is 2. The summed E-state index contributed by atoms with van der Waals surface area (Å²) in [5.41, 5.74) is 2.91. The van der Waals surface area contributed by atoms with Gasteiger partial charge in [-0.1, -0.05) is 0 Å². The van der Waals surface area contributed by atoms with Crippen molar-refractivity contribution in [3.05, 3.63) is 36.7 Å². The van der Waals surface area contributed by atoms with Gasteiger partial charge < -0.3 is 10.1 Å². The Morgan fingerprint density at radius 3 is 2.69 bits per heavy atom. The smallest absolute Gasteiger partial charge is 0.213 e. The summed E-state index contributed by atoms with van der Waals surface area (Å²) < 4.78 is 5.08. The van der Waals surface area contributed by atoms with E-state index in [0.29, 0.717) is 5.88 Å². The van der Waals surface area contributed by atoms with E-state index in [-0.39, 0.29) is 0 Å². The molecule has 0 saturated carbocycles. The molecule has 16 heavy (non-hydrogen) atoms. The number of hydrogen-bond acceptors (Lipinski definition) is 4. The lowest BCUT2D eigenvalue weighted by Gasteiger charge is -2.05.